The molecule has 5 heteroatoms. The van der Waals surface area contributed by atoms with Gasteiger partial charge in [-0.2, -0.15) is 0 Å². The molecule has 2 fully saturated rings. The molecule has 1 aromatic rings. The van der Waals surface area contributed by atoms with Crippen molar-refractivity contribution in [3.63, 3.8) is 0 Å². The highest BCUT2D eigenvalue weighted by molar-refractivity contribution is 7.99. The molecule has 0 bridgehead atoms. The van der Waals surface area contributed by atoms with E-state index in [2.05, 4.69) is 0 Å². The third-order valence-corrected chi connectivity index (χ3v) is 4.41. The molecule has 0 spiro atoms. The normalized spacial score (nSPS) is 24.4. The quantitative estimate of drug-likeness (QED) is 0.744. The van der Waals surface area contributed by atoms with Crippen LogP contribution in [0.1, 0.15) is 5.56 Å². The van der Waals surface area contributed by atoms with Crippen molar-refractivity contribution < 1.29 is 9.59 Å². The summed E-state index contributed by atoms with van der Waals surface area (Å²) in [5.41, 5.74) is 0.998. The Kier molecular flexibility index (Phi) is 3.09. The summed E-state index contributed by atoms with van der Waals surface area (Å²) < 4.78 is 0. The van der Waals surface area contributed by atoms with E-state index in [1.807, 2.05) is 35.2 Å². The van der Waals surface area contributed by atoms with Crippen molar-refractivity contribution in [3.8, 4) is 0 Å². The molecule has 0 saturated carbocycles. The lowest BCUT2D eigenvalue weighted by Crippen LogP contribution is -2.57. The van der Waals surface area contributed by atoms with Crippen molar-refractivity contribution in [1.29, 1.82) is 0 Å². The minimum absolute atomic E-state index is 0.0416. The first-order chi connectivity index (χ1) is 8.75. The summed E-state index contributed by atoms with van der Waals surface area (Å²) in [6.07, 6.45) is 0. The number of thioether (sulfide) groups is 1. The van der Waals surface area contributed by atoms with Gasteiger partial charge >= 0.3 is 0 Å². The first kappa shape index (κ1) is 11.7. The maximum absolute atomic E-state index is 12.3. The number of carbonyl (C=O) groups excluding carboxylic acids is 2. The first-order valence-corrected chi connectivity index (χ1v) is 7.11. The summed E-state index contributed by atoms with van der Waals surface area (Å²) in [5.74, 6) is 1.47. The smallest absolute Gasteiger partial charge is 0.247 e. The molecule has 0 N–H and O–H groups in total. The molecular formula is C13H14N2O2S. The summed E-state index contributed by atoms with van der Waals surface area (Å²) in [4.78, 5) is 27.7. The van der Waals surface area contributed by atoms with Gasteiger partial charge in [0, 0.05) is 11.6 Å². The number of nitrogens with zero attached hydrogens (tertiary/aromatic N) is 2. The Labute approximate surface area is 110 Å². The summed E-state index contributed by atoms with van der Waals surface area (Å²) in [6, 6.07) is 9.56. The zero-order valence-corrected chi connectivity index (χ0v) is 10.7. The van der Waals surface area contributed by atoms with Crippen molar-refractivity contribution in [3.05, 3.63) is 35.9 Å². The van der Waals surface area contributed by atoms with Crippen LogP contribution in [-0.4, -0.2) is 45.8 Å². The van der Waals surface area contributed by atoms with Crippen LogP contribution in [0.15, 0.2) is 30.3 Å². The number of amides is 2. The van der Waals surface area contributed by atoms with Gasteiger partial charge in [-0.05, 0) is 5.56 Å². The van der Waals surface area contributed by atoms with E-state index in [4.69, 9.17) is 0 Å². The van der Waals surface area contributed by atoms with Crippen LogP contribution in [-0.2, 0) is 16.1 Å². The molecule has 94 valence electrons. The van der Waals surface area contributed by atoms with Crippen LogP contribution in [0.4, 0.5) is 0 Å². The summed E-state index contributed by atoms with van der Waals surface area (Å²) >= 11 is 1.72. The molecule has 3 rings (SSSR count). The van der Waals surface area contributed by atoms with Crippen molar-refractivity contribution in [2.45, 2.75) is 12.6 Å². The topological polar surface area (TPSA) is 40.6 Å². The van der Waals surface area contributed by atoms with E-state index in [9.17, 15) is 9.59 Å². The lowest BCUT2D eigenvalue weighted by atomic mass is 10.1. The largest absolute Gasteiger partial charge is 0.276 e. The van der Waals surface area contributed by atoms with Gasteiger partial charge in [-0.1, -0.05) is 30.3 Å². The van der Waals surface area contributed by atoms with Crippen LogP contribution in [0.5, 0.6) is 0 Å². The van der Waals surface area contributed by atoms with Gasteiger partial charge in [0.1, 0.15) is 6.04 Å². The number of imide groups is 1. The Morgan fingerprint density at radius 2 is 2.00 bits per heavy atom. The van der Waals surface area contributed by atoms with Crippen LogP contribution in [0.2, 0.25) is 0 Å². The Hall–Kier alpha value is -1.33. The van der Waals surface area contributed by atoms with Crippen molar-refractivity contribution in [2.24, 2.45) is 0 Å². The number of piperazine rings is 1. The second-order valence-corrected chi connectivity index (χ2v) is 5.57. The first-order valence-electron chi connectivity index (χ1n) is 5.95. The molecule has 1 atom stereocenters. The molecule has 0 aliphatic carbocycles. The number of hydrogen-bond donors (Lipinski definition) is 0. The standard InChI is InChI=1S/C13H14N2O2S/c16-12-7-14-9-18-8-11(14)13(17)15(12)6-10-4-2-1-3-5-10/h1-5,11H,6-9H2. The van der Waals surface area contributed by atoms with Crippen LogP contribution in [0.3, 0.4) is 0 Å². The number of benzene rings is 1. The molecule has 2 aliphatic rings. The lowest BCUT2D eigenvalue weighted by Gasteiger charge is -2.34. The third kappa shape index (κ3) is 2.04. The minimum atomic E-state index is -0.101. The summed E-state index contributed by atoms with van der Waals surface area (Å²) in [7, 11) is 0. The van der Waals surface area contributed by atoms with Crippen LogP contribution >= 0.6 is 11.8 Å². The van der Waals surface area contributed by atoms with Crippen molar-refractivity contribution in [1.82, 2.24) is 9.80 Å². The number of rotatable bonds is 2. The van der Waals surface area contributed by atoms with Gasteiger partial charge in [-0.15, -0.1) is 11.8 Å². The zero-order valence-electron chi connectivity index (χ0n) is 9.91. The summed E-state index contributed by atoms with van der Waals surface area (Å²) in [6.45, 7) is 0.768. The fraction of sp³-hybridized carbons (Fsp3) is 0.385. The highest BCUT2D eigenvalue weighted by Crippen LogP contribution is 2.26. The Morgan fingerprint density at radius 1 is 1.22 bits per heavy atom. The average Bonchev–Trinajstić information content (AvgIpc) is 2.84. The van der Waals surface area contributed by atoms with E-state index in [1.165, 1.54) is 4.90 Å². The molecular weight excluding hydrogens is 248 g/mol. The highest BCUT2D eigenvalue weighted by Gasteiger charge is 2.42. The monoisotopic (exact) mass is 262 g/mol. The highest BCUT2D eigenvalue weighted by atomic mass is 32.2. The van der Waals surface area contributed by atoms with Gasteiger partial charge < -0.3 is 0 Å². The molecule has 2 amide bonds. The van der Waals surface area contributed by atoms with Crippen molar-refractivity contribution >= 4 is 23.6 Å². The van der Waals surface area contributed by atoms with Crippen LogP contribution in [0.25, 0.3) is 0 Å². The van der Waals surface area contributed by atoms with Gasteiger partial charge in [-0.25, -0.2) is 0 Å². The Morgan fingerprint density at radius 3 is 2.78 bits per heavy atom. The molecule has 2 aliphatic heterocycles. The van der Waals surface area contributed by atoms with E-state index >= 15 is 0 Å². The fourth-order valence-electron chi connectivity index (χ4n) is 2.35. The van der Waals surface area contributed by atoms with Gasteiger partial charge in [0.2, 0.25) is 11.8 Å². The maximum atomic E-state index is 12.3. The second kappa shape index (κ2) is 4.74. The van der Waals surface area contributed by atoms with Crippen molar-refractivity contribution in [2.75, 3.05) is 18.2 Å². The predicted molar refractivity (Wildman–Crippen MR) is 69.8 cm³/mol. The van der Waals surface area contributed by atoms with E-state index in [0.29, 0.717) is 13.1 Å². The molecule has 1 aromatic carbocycles. The summed E-state index contributed by atoms with van der Waals surface area (Å²) in [5, 5.41) is 0. The van der Waals surface area contributed by atoms with E-state index in [1.54, 1.807) is 11.8 Å². The van der Waals surface area contributed by atoms with Gasteiger partial charge in [-0.3, -0.25) is 19.4 Å². The molecule has 0 aromatic heterocycles. The SMILES string of the molecule is O=C1CN2CSCC2C(=O)N1Cc1ccccc1. The Bertz CT molecular complexity index is 477. The zero-order chi connectivity index (χ0) is 12.5. The molecule has 2 saturated heterocycles. The third-order valence-electron chi connectivity index (χ3n) is 3.35. The fourth-order valence-corrected chi connectivity index (χ4v) is 3.54. The molecule has 0 radical (unpaired) electrons. The number of carbonyl (C=O) groups is 2. The van der Waals surface area contributed by atoms with Gasteiger partial charge in [0.05, 0.1) is 13.1 Å². The van der Waals surface area contributed by atoms with E-state index in [0.717, 1.165) is 17.2 Å². The van der Waals surface area contributed by atoms with E-state index < -0.39 is 0 Å². The number of hydrogen-bond acceptors (Lipinski definition) is 4. The van der Waals surface area contributed by atoms with Gasteiger partial charge in [0.25, 0.3) is 0 Å². The van der Waals surface area contributed by atoms with E-state index in [-0.39, 0.29) is 17.9 Å². The Balaban J connectivity index is 1.79. The molecule has 1 unspecified atom stereocenters. The lowest BCUT2D eigenvalue weighted by molar-refractivity contribution is -0.154. The molecule has 18 heavy (non-hydrogen) atoms. The number of fused-ring (bicyclic) bond motifs is 1. The second-order valence-electron chi connectivity index (χ2n) is 4.57. The van der Waals surface area contributed by atoms with Crippen LogP contribution < -0.4 is 0 Å². The maximum Gasteiger partial charge on any atom is 0.247 e. The van der Waals surface area contributed by atoms with Gasteiger partial charge in [0.15, 0.2) is 0 Å². The average molecular weight is 262 g/mol. The predicted octanol–water partition coefficient (Wildman–Crippen LogP) is 0.930. The molecule has 2 heterocycles. The minimum Gasteiger partial charge on any atom is -0.276 e. The van der Waals surface area contributed by atoms with Crippen LogP contribution in [0, 0.1) is 0 Å². The molecule has 4 nitrogen and oxygen atoms in total.